The number of aliphatic hydroxyl groups is 1. The lowest BCUT2D eigenvalue weighted by Crippen LogP contribution is -2.61. The Balaban J connectivity index is 6.14. The molecule has 0 aliphatic heterocycles. The minimum Gasteiger partial charge on any atom is -0.394 e. The molecule has 0 aromatic carbocycles. The molecule has 6 atom stereocenters. The molecule has 0 unspecified atom stereocenters. The highest BCUT2D eigenvalue weighted by Crippen LogP contribution is 2.35. The van der Waals surface area contributed by atoms with Crippen LogP contribution in [0.25, 0.3) is 0 Å². The van der Waals surface area contributed by atoms with E-state index in [-0.39, 0.29) is 37.6 Å². The van der Waals surface area contributed by atoms with Gasteiger partial charge >= 0.3 is 7.82 Å². The number of aldehydes is 1. The number of carbonyl (C=O) groups is 7. The molecule has 0 radical (unpaired) electrons. The molecule has 0 aliphatic carbocycles. The summed E-state index contributed by atoms with van der Waals surface area (Å²) in [6.07, 6.45) is -0.0605. The summed E-state index contributed by atoms with van der Waals surface area (Å²) in [6, 6.07) is -8.71. The van der Waals surface area contributed by atoms with Crippen molar-refractivity contribution in [2.45, 2.75) is 89.6 Å². The van der Waals surface area contributed by atoms with Crippen molar-refractivity contribution in [1.29, 1.82) is 0 Å². The van der Waals surface area contributed by atoms with Gasteiger partial charge in [0.15, 0.2) is 5.96 Å². The largest absolute Gasteiger partial charge is 0.469 e. The van der Waals surface area contributed by atoms with E-state index in [1.165, 1.54) is 13.8 Å². The highest BCUT2D eigenvalue weighted by Gasteiger charge is 2.35. The molecule has 16 N–H and O–H groups in total. The number of carbonyl (C=O) groups excluding carboxylic acids is 7. The standard InChI is InChI=1S/C27H51N10O12P/c1-13(2)8-17(34-22(41)16(28)6-5-7-32-27(30)31)23(42)36-19(12-49-50(46,47)48)25(44)35-18(9-20(29)40)24(43)37-21(14(3)4)26(45)33-15(10-38)11-39/h10,13-19,21,39H,5-9,11-12,28H2,1-4H3,(H2,29,40)(H,33,45)(H,34,41)(H,35,44)(H,36,42)(H,37,43)(H4,30,31,32)(H2,46,47,48)/t15-,16+,17+,18+,19+,21+/m1/s1. The predicted molar refractivity (Wildman–Crippen MR) is 177 cm³/mol. The maximum Gasteiger partial charge on any atom is 0.469 e. The fourth-order valence-electron chi connectivity index (χ4n) is 4.13. The zero-order valence-corrected chi connectivity index (χ0v) is 29.3. The Morgan fingerprint density at radius 3 is 1.84 bits per heavy atom. The number of aliphatic imine (C=N–C) groups is 1. The molecule has 0 fully saturated rings. The first-order valence-corrected chi connectivity index (χ1v) is 17.0. The van der Waals surface area contributed by atoms with Crippen LogP contribution in [0, 0.1) is 11.8 Å². The highest BCUT2D eigenvalue weighted by molar-refractivity contribution is 7.46. The Morgan fingerprint density at radius 1 is 0.820 bits per heavy atom. The predicted octanol–water partition coefficient (Wildman–Crippen LogP) is -5.33. The van der Waals surface area contributed by atoms with Gasteiger partial charge in [0.05, 0.1) is 25.7 Å². The van der Waals surface area contributed by atoms with E-state index in [1.54, 1.807) is 13.8 Å². The van der Waals surface area contributed by atoms with Gasteiger partial charge in [-0.1, -0.05) is 27.7 Å². The third-order valence-electron chi connectivity index (χ3n) is 6.66. The lowest BCUT2D eigenvalue weighted by Gasteiger charge is -2.28. The molecule has 0 saturated heterocycles. The van der Waals surface area contributed by atoms with Crippen LogP contribution in [0.1, 0.15) is 53.4 Å². The maximum atomic E-state index is 13.4. The summed E-state index contributed by atoms with van der Waals surface area (Å²) in [5, 5.41) is 20.6. The Morgan fingerprint density at radius 2 is 1.36 bits per heavy atom. The SMILES string of the molecule is CC(C)C[C@H](NC(=O)[C@@H](N)CCCN=C(N)N)C(=O)N[C@@H](COP(=O)(O)O)C(=O)N[C@@H](CC(N)=O)C(=O)N[C@H](C(=O)N[C@H](C=O)CO)C(C)C. The van der Waals surface area contributed by atoms with Crippen LogP contribution < -0.4 is 49.5 Å². The van der Waals surface area contributed by atoms with Crippen LogP contribution in [0.15, 0.2) is 4.99 Å². The first kappa shape index (κ1) is 45.8. The number of hydrogen-bond donors (Lipinski definition) is 12. The summed E-state index contributed by atoms with van der Waals surface area (Å²) in [6.45, 7) is 4.83. The first-order valence-electron chi connectivity index (χ1n) is 15.5. The molecular formula is C27H51N10O12P. The van der Waals surface area contributed by atoms with Gasteiger partial charge in [0.1, 0.15) is 36.5 Å². The van der Waals surface area contributed by atoms with E-state index in [0.29, 0.717) is 6.42 Å². The van der Waals surface area contributed by atoms with Gasteiger partial charge in [-0.25, -0.2) is 4.57 Å². The Hall–Kier alpha value is -4.21. The van der Waals surface area contributed by atoms with Crippen molar-refractivity contribution >= 4 is 55.5 Å². The molecule has 6 amide bonds. The molecule has 23 heteroatoms. The van der Waals surface area contributed by atoms with Gasteiger partial charge in [-0.05, 0) is 31.1 Å². The van der Waals surface area contributed by atoms with Gasteiger partial charge in [0, 0.05) is 6.54 Å². The van der Waals surface area contributed by atoms with Crippen LogP contribution in [0.3, 0.4) is 0 Å². The third kappa shape index (κ3) is 19.1. The van der Waals surface area contributed by atoms with Crippen molar-refractivity contribution in [1.82, 2.24) is 26.6 Å². The lowest BCUT2D eigenvalue weighted by molar-refractivity contribution is -0.136. The van der Waals surface area contributed by atoms with E-state index in [2.05, 4.69) is 36.1 Å². The lowest BCUT2D eigenvalue weighted by atomic mass is 10.0. The van der Waals surface area contributed by atoms with Gasteiger partial charge in [0.2, 0.25) is 35.4 Å². The number of rotatable bonds is 24. The number of hydrogen-bond acceptors (Lipinski definition) is 12. The van der Waals surface area contributed by atoms with Gasteiger partial charge in [-0.3, -0.25) is 38.3 Å². The van der Waals surface area contributed by atoms with Crippen LogP contribution in [0.5, 0.6) is 0 Å². The van der Waals surface area contributed by atoms with Crippen LogP contribution in [-0.2, 0) is 42.7 Å². The summed E-state index contributed by atoms with van der Waals surface area (Å²) >= 11 is 0. The minimum absolute atomic E-state index is 0.0264. The highest BCUT2D eigenvalue weighted by atomic mass is 31.2. The number of nitrogens with one attached hydrogen (secondary N) is 5. The summed E-state index contributed by atoms with van der Waals surface area (Å²) in [7, 11) is -5.22. The van der Waals surface area contributed by atoms with E-state index >= 15 is 0 Å². The van der Waals surface area contributed by atoms with Crippen molar-refractivity contribution in [2.75, 3.05) is 19.8 Å². The Labute approximate surface area is 288 Å². The van der Waals surface area contributed by atoms with Crippen LogP contribution >= 0.6 is 7.82 Å². The van der Waals surface area contributed by atoms with Crippen LogP contribution in [-0.4, -0.2) is 119 Å². The average Bonchev–Trinajstić information content (AvgIpc) is 3.00. The molecule has 22 nitrogen and oxygen atoms in total. The Bertz CT molecular complexity index is 1260. The topological polar surface area (TPSA) is 383 Å². The van der Waals surface area contributed by atoms with Crippen LogP contribution in [0.2, 0.25) is 0 Å². The number of phosphoric ester groups is 1. The van der Waals surface area contributed by atoms with Crippen molar-refractivity contribution < 1.29 is 57.5 Å². The second kappa shape index (κ2) is 22.5. The molecule has 286 valence electrons. The summed E-state index contributed by atoms with van der Waals surface area (Å²) < 4.78 is 15.9. The monoisotopic (exact) mass is 738 g/mol. The summed E-state index contributed by atoms with van der Waals surface area (Å²) in [5.41, 5.74) is 21.7. The smallest absolute Gasteiger partial charge is 0.394 e. The number of aliphatic hydroxyl groups excluding tert-OH is 1. The molecule has 0 saturated carbocycles. The van der Waals surface area contributed by atoms with Crippen molar-refractivity contribution in [3.8, 4) is 0 Å². The van der Waals surface area contributed by atoms with Crippen molar-refractivity contribution in [2.24, 2.45) is 39.8 Å². The molecule has 0 rings (SSSR count). The van der Waals surface area contributed by atoms with Gasteiger partial charge in [-0.2, -0.15) is 0 Å². The van der Waals surface area contributed by atoms with Gasteiger partial charge < -0.3 is 69.2 Å². The Kier molecular flexibility index (Phi) is 20.6. The fourth-order valence-corrected chi connectivity index (χ4v) is 4.47. The number of primary amides is 1. The summed E-state index contributed by atoms with van der Waals surface area (Å²) in [5.74, 6) is -7.03. The molecule has 0 heterocycles. The summed E-state index contributed by atoms with van der Waals surface area (Å²) in [4.78, 5) is 111. The molecule has 50 heavy (non-hydrogen) atoms. The normalized spacial score (nSPS) is 15.0. The zero-order valence-electron chi connectivity index (χ0n) is 28.4. The number of guanidine groups is 1. The second-order valence-corrected chi connectivity index (χ2v) is 13.2. The molecule has 0 aromatic rings. The van der Waals surface area contributed by atoms with Gasteiger partial charge in [0.25, 0.3) is 0 Å². The number of nitrogens with zero attached hydrogens (tertiary/aromatic N) is 1. The molecule has 0 bridgehead atoms. The van der Waals surface area contributed by atoms with E-state index in [0.717, 1.165) is 0 Å². The van der Waals surface area contributed by atoms with Crippen LogP contribution in [0.4, 0.5) is 0 Å². The number of amides is 6. The third-order valence-corrected chi connectivity index (χ3v) is 7.15. The molecule has 0 spiro atoms. The van der Waals surface area contributed by atoms with E-state index in [4.69, 9.17) is 22.9 Å². The first-order chi connectivity index (χ1) is 23.1. The quantitative estimate of drug-likeness (QED) is 0.0145. The molecular weight excluding hydrogens is 687 g/mol. The molecule has 0 aliphatic rings. The van der Waals surface area contributed by atoms with E-state index in [1.807, 2.05) is 0 Å². The van der Waals surface area contributed by atoms with E-state index < -0.39 is 105 Å². The number of nitrogens with two attached hydrogens (primary N) is 4. The van der Waals surface area contributed by atoms with E-state index in [9.17, 15) is 53.0 Å². The minimum atomic E-state index is -5.22. The molecule has 0 aromatic heterocycles. The average molecular weight is 739 g/mol. The van der Waals surface area contributed by atoms with Gasteiger partial charge in [-0.15, -0.1) is 0 Å². The number of phosphoric acid groups is 1. The van der Waals surface area contributed by atoms with Crippen molar-refractivity contribution in [3.05, 3.63) is 0 Å². The fraction of sp³-hybridized carbons (Fsp3) is 0.704. The zero-order chi connectivity index (χ0) is 38.8. The maximum absolute atomic E-state index is 13.4. The van der Waals surface area contributed by atoms with Crippen molar-refractivity contribution in [3.63, 3.8) is 0 Å². The second-order valence-electron chi connectivity index (χ2n) is 12.0.